The van der Waals surface area contributed by atoms with Crippen LogP contribution in [0, 0.1) is 12.3 Å². The largest absolute Gasteiger partial charge is 0.331 e. The maximum atomic E-state index is 11.5. The van der Waals surface area contributed by atoms with Crippen LogP contribution < -0.4 is 0 Å². The van der Waals surface area contributed by atoms with E-state index in [4.69, 9.17) is 0 Å². The summed E-state index contributed by atoms with van der Waals surface area (Å²) < 4.78 is 11.5. The fourth-order valence-electron chi connectivity index (χ4n) is 2.71. The van der Waals surface area contributed by atoms with E-state index in [1.54, 1.807) is 13.8 Å². The molecular weight excluding hydrogens is 259 g/mol. The Bertz CT molecular complexity index is 486. The van der Waals surface area contributed by atoms with E-state index >= 15 is 0 Å². The average molecular weight is 284 g/mol. The Kier molecular flexibility index (Phi) is 4.66. The van der Waals surface area contributed by atoms with E-state index in [0.717, 1.165) is 6.42 Å². The molecule has 0 bridgehead atoms. The molecule has 0 aliphatic heterocycles. The molecule has 0 aliphatic rings. The highest BCUT2D eigenvalue weighted by molar-refractivity contribution is 7.53. The minimum Gasteiger partial charge on any atom is -0.324 e. The molecule has 19 heavy (non-hydrogen) atoms. The van der Waals surface area contributed by atoms with Crippen LogP contribution in [0.1, 0.15) is 45.2 Å². The van der Waals surface area contributed by atoms with Gasteiger partial charge in [-0.2, -0.15) is 0 Å². The van der Waals surface area contributed by atoms with Crippen molar-refractivity contribution < 1.29 is 14.4 Å². The molecule has 0 spiro atoms. The third-order valence-corrected chi connectivity index (χ3v) is 5.20. The van der Waals surface area contributed by atoms with Gasteiger partial charge in [-0.1, -0.05) is 43.7 Å². The van der Waals surface area contributed by atoms with Gasteiger partial charge in [-0.05, 0) is 44.6 Å². The number of rotatable bonds is 5. The Morgan fingerprint density at radius 3 is 2.21 bits per heavy atom. The summed E-state index contributed by atoms with van der Waals surface area (Å²) >= 11 is 0. The lowest BCUT2D eigenvalue weighted by Crippen LogP contribution is -2.30. The normalized spacial score (nSPS) is 13.6. The van der Waals surface area contributed by atoms with Crippen molar-refractivity contribution in [1.82, 2.24) is 0 Å². The van der Waals surface area contributed by atoms with Crippen LogP contribution >= 0.6 is 7.60 Å². The molecule has 0 saturated carbocycles. The van der Waals surface area contributed by atoms with Crippen LogP contribution in [0.15, 0.2) is 24.3 Å². The molecule has 1 aromatic carbocycles. The molecule has 1 rings (SSSR count). The molecule has 0 heterocycles. The van der Waals surface area contributed by atoms with Gasteiger partial charge in [0.1, 0.15) is 0 Å². The summed E-state index contributed by atoms with van der Waals surface area (Å²) in [6, 6.07) is 8.27. The van der Waals surface area contributed by atoms with E-state index in [1.807, 2.05) is 6.07 Å². The Morgan fingerprint density at radius 1 is 1.16 bits per heavy atom. The molecule has 0 fully saturated rings. The second-order valence-corrected chi connectivity index (χ2v) is 9.16. The summed E-state index contributed by atoms with van der Waals surface area (Å²) in [6.07, 6.45) is 1.30. The summed E-state index contributed by atoms with van der Waals surface area (Å²) in [6.45, 7) is 9.47. The van der Waals surface area contributed by atoms with Crippen LogP contribution in [0.5, 0.6) is 0 Å². The maximum absolute atomic E-state index is 11.5. The van der Waals surface area contributed by atoms with Crippen molar-refractivity contribution in [1.29, 1.82) is 0 Å². The van der Waals surface area contributed by atoms with E-state index in [2.05, 4.69) is 39.0 Å². The fourth-order valence-corrected chi connectivity index (χ4v) is 3.35. The molecule has 3 nitrogen and oxygen atoms in total. The lowest BCUT2D eigenvalue weighted by Gasteiger charge is -2.35. The molecule has 108 valence electrons. The van der Waals surface area contributed by atoms with Crippen LogP contribution in [-0.4, -0.2) is 14.9 Å². The molecule has 0 amide bonds. The van der Waals surface area contributed by atoms with Crippen molar-refractivity contribution in [2.24, 2.45) is 5.41 Å². The monoisotopic (exact) mass is 284 g/mol. The molecular formula is C15H25O3P. The molecule has 4 heteroatoms. The van der Waals surface area contributed by atoms with E-state index in [9.17, 15) is 14.4 Å². The highest BCUT2D eigenvalue weighted by Crippen LogP contribution is 2.55. The van der Waals surface area contributed by atoms with Crippen molar-refractivity contribution >= 4 is 7.60 Å². The Hall–Kier alpha value is -0.630. The quantitative estimate of drug-likeness (QED) is 0.806. The van der Waals surface area contributed by atoms with Gasteiger partial charge in [0, 0.05) is 0 Å². The molecule has 0 saturated heterocycles. The summed E-state index contributed by atoms with van der Waals surface area (Å²) in [7, 11) is -4.08. The van der Waals surface area contributed by atoms with Crippen molar-refractivity contribution in [2.45, 2.75) is 52.6 Å². The molecule has 0 radical (unpaired) electrons. The summed E-state index contributed by atoms with van der Waals surface area (Å²) in [5, 5.41) is -0.986. The first-order valence-corrected chi connectivity index (χ1v) is 8.15. The van der Waals surface area contributed by atoms with Gasteiger partial charge in [0.05, 0.1) is 5.16 Å². The van der Waals surface area contributed by atoms with E-state index in [-0.39, 0.29) is 5.41 Å². The first-order valence-electron chi connectivity index (χ1n) is 6.54. The van der Waals surface area contributed by atoms with E-state index < -0.39 is 12.8 Å². The van der Waals surface area contributed by atoms with Crippen LogP contribution in [0.25, 0.3) is 0 Å². The Balaban J connectivity index is 2.85. The van der Waals surface area contributed by atoms with Gasteiger partial charge in [-0.25, -0.2) is 0 Å². The van der Waals surface area contributed by atoms with Gasteiger partial charge in [0.2, 0.25) is 0 Å². The van der Waals surface area contributed by atoms with Crippen molar-refractivity contribution in [3.05, 3.63) is 35.4 Å². The lowest BCUT2D eigenvalue weighted by atomic mass is 9.78. The fraction of sp³-hybridized carbons (Fsp3) is 0.600. The second-order valence-electron chi connectivity index (χ2n) is 6.86. The zero-order valence-corrected chi connectivity index (χ0v) is 13.4. The van der Waals surface area contributed by atoms with Crippen molar-refractivity contribution in [2.75, 3.05) is 0 Å². The van der Waals surface area contributed by atoms with Crippen LogP contribution in [0.4, 0.5) is 0 Å². The SMILES string of the molecule is Cc1cccc(CC(C)(C)CC(C)(C)P(=O)(O)O)c1. The van der Waals surface area contributed by atoms with Gasteiger partial charge >= 0.3 is 7.60 Å². The molecule has 0 aromatic heterocycles. The van der Waals surface area contributed by atoms with Crippen LogP contribution in [-0.2, 0) is 11.0 Å². The van der Waals surface area contributed by atoms with Gasteiger partial charge in [0.25, 0.3) is 0 Å². The van der Waals surface area contributed by atoms with E-state index in [1.165, 1.54) is 11.1 Å². The highest BCUT2D eigenvalue weighted by atomic mass is 31.2. The number of hydrogen-bond acceptors (Lipinski definition) is 1. The third kappa shape index (κ3) is 4.76. The maximum Gasteiger partial charge on any atom is 0.331 e. The summed E-state index contributed by atoms with van der Waals surface area (Å²) in [5.74, 6) is 0. The summed E-state index contributed by atoms with van der Waals surface area (Å²) in [4.78, 5) is 18.9. The third-order valence-electron chi connectivity index (χ3n) is 3.46. The van der Waals surface area contributed by atoms with Crippen molar-refractivity contribution in [3.63, 3.8) is 0 Å². The molecule has 0 unspecified atom stereocenters. The second kappa shape index (κ2) is 5.40. The Morgan fingerprint density at radius 2 is 1.74 bits per heavy atom. The van der Waals surface area contributed by atoms with Gasteiger partial charge in [-0.15, -0.1) is 0 Å². The predicted molar refractivity (Wildman–Crippen MR) is 79.4 cm³/mol. The Labute approximate surface area is 116 Å². The number of hydrogen-bond donors (Lipinski definition) is 2. The zero-order chi connectivity index (χ0) is 14.9. The van der Waals surface area contributed by atoms with E-state index in [0.29, 0.717) is 6.42 Å². The minimum absolute atomic E-state index is 0.154. The first kappa shape index (κ1) is 16.4. The first-order chi connectivity index (χ1) is 8.43. The standard InChI is InChI=1S/C15H25O3P/c1-12-7-6-8-13(9-12)10-14(2,3)11-15(4,5)19(16,17)18/h6-9H,10-11H2,1-5H3,(H2,16,17,18). The highest BCUT2D eigenvalue weighted by Gasteiger charge is 2.41. The van der Waals surface area contributed by atoms with Crippen LogP contribution in [0.2, 0.25) is 0 Å². The topological polar surface area (TPSA) is 57.5 Å². The number of benzene rings is 1. The molecule has 1 aromatic rings. The predicted octanol–water partition coefficient (Wildman–Crippen LogP) is 3.91. The van der Waals surface area contributed by atoms with Gasteiger partial charge < -0.3 is 9.79 Å². The number of aryl methyl sites for hydroxylation is 1. The lowest BCUT2D eigenvalue weighted by molar-refractivity contribution is 0.256. The van der Waals surface area contributed by atoms with Crippen LogP contribution in [0.3, 0.4) is 0 Å². The molecule has 2 N–H and O–H groups in total. The smallest absolute Gasteiger partial charge is 0.324 e. The van der Waals surface area contributed by atoms with Crippen molar-refractivity contribution in [3.8, 4) is 0 Å². The molecule has 0 atom stereocenters. The molecule has 0 aliphatic carbocycles. The minimum atomic E-state index is -4.08. The zero-order valence-electron chi connectivity index (χ0n) is 12.5. The summed E-state index contributed by atoms with van der Waals surface area (Å²) in [5.41, 5.74) is 2.27. The van der Waals surface area contributed by atoms with Gasteiger partial charge in [0.15, 0.2) is 0 Å². The van der Waals surface area contributed by atoms with Gasteiger partial charge in [-0.3, -0.25) is 4.57 Å². The average Bonchev–Trinajstić information content (AvgIpc) is 2.12.